The zero-order valence-electron chi connectivity index (χ0n) is 7.07. The number of rotatable bonds is 1. The van der Waals surface area contributed by atoms with Crippen LogP contribution in [0, 0.1) is 3.57 Å². The molecule has 1 aromatic heterocycles. The first-order valence-electron chi connectivity index (χ1n) is 3.96. The molecule has 0 fully saturated rings. The lowest BCUT2D eigenvalue weighted by Gasteiger charge is -2.02. The van der Waals surface area contributed by atoms with Crippen LogP contribution in [0.5, 0.6) is 0 Å². The maximum Gasteiger partial charge on any atom is 0.336 e. The molecule has 1 heterocycles. The molecule has 1 N–H and O–H groups in total. The smallest absolute Gasteiger partial charge is 0.336 e. The summed E-state index contributed by atoms with van der Waals surface area (Å²) in [7, 11) is 0. The number of hydrogen-bond donors (Lipinski definition) is 1. The molecule has 0 aliphatic carbocycles. The van der Waals surface area contributed by atoms with Gasteiger partial charge in [0.25, 0.3) is 0 Å². The van der Waals surface area contributed by atoms with Gasteiger partial charge in [0, 0.05) is 15.2 Å². The van der Waals surface area contributed by atoms with Crippen molar-refractivity contribution in [1.82, 2.24) is 4.98 Å². The summed E-state index contributed by atoms with van der Waals surface area (Å²) in [5.41, 5.74) is 1.02. The minimum absolute atomic E-state index is 0.306. The molecule has 0 unspecified atom stereocenters. The van der Waals surface area contributed by atoms with Crippen LogP contribution in [0.15, 0.2) is 30.5 Å². The van der Waals surface area contributed by atoms with Gasteiger partial charge in [0.05, 0.1) is 11.1 Å². The first kappa shape index (κ1) is 9.39. The Morgan fingerprint density at radius 3 is 2.86 bits per heavy atom. The van der Waals surface area contributed by atoms with Crippen molar-refractivity contribution in [3.63, 3.8) is 0 Å². The van der Waals surface area contributed by atoms with Gasteiger partial charge in [0.2, 0.25) is 0 Å². The molecule has 0 radical (unpaired) electrons. The van der Waals surface area contributed by atoms with E-state index in [1.54, 1.807) is 0 Å². The Labute approximate surface area is 93.9 Å². The molecule has 70 valence electrons. The highest BCUT2D eigenvalue weighted by atomic mass is 127. The van der Waals surface area contributed by atoms with E-state index in [1.807, 2.05) is 18.2 Å². The van der Waals surface area contributed by atoms with Crippen molar-refractivity contribution in [2.45, 2.75) is 0 Å². The van der Waals surface area contributed by atoms with Crippen LogP contribution >= 0.6 is 22.6 Å². The van der Waals surface area contributed by atoms with Crippen molar-refractivity contribution >= 4 is 39.5 Å². The number of fused-ring (bicyclic) bond motifs is 1. The maximum atomic E-state index is 10.9. The molecule has 2 rings (SSSR count). The maximum absolute atomic E-state index is 10.9. The number of nitrogens with zero attached hydrogens (tertiary/aromatic N) is 1. The summed E-state index contributed by atoms with van der Waals surface area (Å²) in [6.07, 6.45) is 1.52. The minimum atomic E-state index is -0.915. The molecule has 2 aromatic rings. The van der Waals surface area contributed by atoms with Crippen molar-refractivity contribution < 1.29 is 9.90 Å². The Morgan fingerprint density at radius 1 is 1.36 bits per heavy atom. The van der Waals surface area contributed by atoms with Gasteiger partial charge in [-0.2, -0.15) is 0 Å². The number of pyridine rings is 1. The van der Waals surface area contributed by atoms with Gasteiger partial charge in [-0.15, -0.1) is 0 Å². The number of halogens is 1. The third kappa shape index (κ3) is 1.45. The predicted molar refractivity (Wildman–Crippen MR) is 61.4 cm³/mol. The van der Waals surface area contributed by atoms with Crippen LogP contribution in [-0.4, -0.2) is 16.1 Å². The first-order chi connectivity index (χ1) is 6.70. The normalized spacial score (nSPS) is 10.4. The zero-order chi connectivity index (χ0) is 10.1. The third-order valence-electron chi connectivity index (χ3n) is 1.95. The largest absolute Gasteiger partial charge is 0.478 e. The van der Waals surface area contributed by atoms with Gasteiger partial charge in [-0.05, 0) is 40.8 Å². The van der Waals surface area contributed by atoms with Gasteiger partial charge in [-0.25, -0.2) is 4.79 Å². The average molecular weight is 299 g/mol. The zero-order valence-corrected chi connectivity index (χ0v) is 9.22. The fraction of sp³-hybridized carbons (Fsp3) is 0. The van der Waals surface area contributed by atoms with Gasteiger partial charge in [0.15, 0.2) is 0 Å². The molecule has 0 spiro atoms. The van der Waals surface area contributed by atoms with Crippen LogP contribution in [0.4, 0.5) is 0 Å². The molecule has 4 heteroatoms. The topological polar surface area (TPSA) is 50.2 Å². The van der Waals surface area contributed by atoms with Crippen molar-refractivity contribution in [3.8, 4) is 0 Å². The summed E-state index contributed by atoms with van der Waals surface area (Å²) in [4.78, 5) is 15.1. The Kier molecular flexibility index (Phi) is 2.37. The van der Waals surface area contributed by atoms with Crippen molar-refractivity contribution in [2.75, 3.05) is 0 Å². The molecule has 0 aliphatic rings. The molecule has 0 saturated carbocycles. The lowest BCUT2D eigenvalue weighted by atomic mass is 10.1. The third-order valence-corrected chi connectivity index (χ3v) is 2.85. The monoisotopic (exact) mass is 299 g/mol. The number of hydrogen-bond acceptors (Lipinski definition) is 2. The number of benzene rings is 1. The Morgan fingerprint density at radius 2 is 2.14 bits per heavy atom. The molecular weight excluding hydrogens is 293 g/mol. The molecule has 0 amide bonds. The quantitative estimate of drug-likeness (QED) is 0.823. The lowest BCUT2D eigenvalue weighted by molar-refractivity contribution is 0.0699. The number of carboxylic acids is 1. The second kappa shape index (κ2) is 3.53. The summed E-state index contributed by atoms with van der Waals surface area (Å²) in [5.74, 6) is -0.915. The number of carbonyl (C=O) groups is 1. The molecule has 1 aromatic carbocycles. The van der Waals surface area contributed by atoms with Gasteiger partial charge in [0.1, 0.15) is 0 Å². The second-order valence-electron chi connectivity index (χ2n) is 2.80. The standard InChI is InChI=1S/C10H6INO2/c11-7-2-1-3-8-9(7)6(10(13)14)4-5-12-8/h1-5H,(H,13,14). The van der Waals surface area contributed by atoms with Crippen molar-refractivity contribution in [3.05, 3.63) is 39.6 Å². The van der Waals surface area contributed by atoms with E-state index in [9.17, 15) is 4.79 Å². The minimum Gasteiger partial charge on any atom is -0.478 e. The summed E-state index contributed by atoms with van der Waals surface area (Å²) in [5, 5.41) is 9.69. The van der Waals surface area contributed by atoms with Crippen LogP contribution in [-0.2, 0) is 0 Å². The van der Waals surface area contributed by atoms with E-state index >= 15 is 0 Å². The van der Waals surface area contributed by atoms with Gasteiger partial charge < -0.3 is 5.11 Å². The van der Waals surface area contributed by atoms with Crippen molar-refractivity contribution in [1.29, 1.82) is 0 Å². The van der Waals surface area contributed by atoms with Crippen LogP contribution in [0.2, 0.25) is 0 Å². The van der Waals surface area contributed by atoms with E-state index in [1.165, 1.54) is 12.3 Å². The van der Waals surface area contributed by atoms with Crippen LogP contribution in [0.1, 0.15) is 10.4 Å². The first-order valence-corrected chi connectivity index (χ1v) is 5.04. The number of aromatic carboxylic acids is 1. The number of aromatic nitrogens is 1. The van der Waals surface area contributed by atoms with Gasteiger partial charge in [-0.1, -0.05) is 6.07 Å². The highest BCUT2D eigenvalue weighted by Crippen LogP contribution is 2.22. The van der Waals surface area contributed by atoms with Crippen LogP contribution in [0.3, 0.4) is 0 Å². The average Bonchev–Trinajstić information content (AvgIpc) is 2.17. The van der Waals surface area contributed by atoms with Gasteiger partial charge >= 0.3 is 5.97 Å². The summed E-state index contributed by atoms with van der Waals surface area (Å²) in [6.45, 7) is 0. The van der Waals surface area contributed by atoms with E-state index in [4.69, 9.17) is 5.11 Å². The molecule has 0 atom stereocenters. The lowest BCUT2D eigenvalue weighted by Crippen LogP contribution is -1.99. The predicted octanol–water partition coefficient (Wildman–Crippen LogP) is 2.54. The summed E-state index contributed by atoms with van der Waals surface area (Å²) < 4.78 is 0.908. The Hall–Kier alpha value is -1.17. The van der Waals surface area contributed by atoms with Crippen molar-refractivity contribution in [2.24, 2.45) is 0 Å². The van der Waals surface area contributed by atoms with E-state index in [0.29, 0.717) is 10.9 Å². The van der Waals surface area contributed by atoms with E-state index < -0.39 is 5.97 Å². The molecule has 0 saturated heterocycles. The highest BCUT2D eigenvalue weighted by Gasteiger charge is 2.10. The Bertz CT molecular complexity index is 505. The summed E-state index contributed by atoms with van der Waals surface area (Å²) >= 11 is 2.11. The van der Waals surface area contributed by atoms with Crippen LogP contribution < -0.4 is 0 Å². The Balaban J connectivity index is 2.91. The molecule has 14 heavy (non-hydrogen) atoms. The number of carboxylic acid groups (broad SMARTS) is 1. The van der Waals surface area contributed by atoms with E-state index in [2.05, 4.69) is 27.6 Å². The molecular formula is C10H6INO2. The second-order valence-corrected chi connectivity index (χ2v) is 3.96. The SMILES string of the molecule is O=C(O)c1ccnc2cccc(I)c12. The van der Waals surface area contributed by atoms with E-state index in [-0.39, 0.29) is 0 Å². The fourth-order valence-corrected chi connectivity index (χ4v) is 2.12. The molecule has 0 aliphatic heterocycles. The van der Waals surface area contributed by atoms with Crippen LogP contribution in [0.25, 0.3) is 10.9 Å². The van der Waals surface area contributed by atoms with E-state index in [0.717, 1.165) is 9.09 Å². The molecule has 3 nitrogen and oxygen atoms in total. The highest BCUT2D eigenvalue weighted by molar-refractivity contribution is 14.1. The summed E-state index contributed by atoms with van der Waals surface area (Å²) in [6, 6.07) is 7.07. The fourth-order valence-electron chi connectivity index (χ4n) is 1.34. The van der Waals surface area contributed by atoms with Gasteiger partial charge in [-0.3, -0.25) is 4.98 Å². The molecule has 0 bridgehead atoms.